The number of rotatable bonds is 37. The van der Waals surface area contributed by atoms with Gasteiger partial charge in [-0.05, 0) is 37.8 Å². The van der Waals surface area contributed by atoms with E-state index in [9.17, 15) is 9.59 Å². The molecule has 2 amide bonds. The van der Waals surface area contributed by atoms with Crippen molar-refractivity contribution in [3.8, 4) is 0 Å². The molecule has 0 bridgehead atoms. The number of carbonyl (C=O) groups is 2. The highest BCUT2D eigenvalue weighted by atomic mass is 16.2. The molecular weight excluding hydrogens is 564 g/mol. The van der Waals surface area contributed by atoms with Crippen LogP contribution in [0.4, 0.5) is 0 Å². The van der Waals surface area contributed by atoms with Gasteiger partial charge < -0.3 is 10.6 Å². The number of hydrogen-bond donors (Lipinski definition) is 2. The van der Waals surface area contributed by atoms with Crippen molar-refractivity contribution >= 4 is 11.8 Å². The first-order chi connectivity index (χ1) is 22.7. The van der Waals surface area contributed by atoms with Crippen molar-refractivity contribution in [1.82, 2.24) is 10.6 Å². The summed E-state index contributed by atoms with van der Waals surface area (Å²) in [6.07, 6.45) is 50.3. The summed E-state index contributed by atoms with van der Waals surface area (Å²) < 4.78 is 0. The standard InChI is InChI=1S/C42H80N2O2/c1-3-5-7-9-11-13-15-17-19-21-23-25-27-29-31-33-35-37-41(45)43-39-40-44-42(46)38-36-34-32-30-28-26-24-22-20-18-16-14-12-10-8-6-4-2/h35-38H,3-34,39-40H2,1-2H3,(H,43,45)(H,44,46). The minimum absolute atomic E-state index is 0.0704. The van der Waals surface area contributed by atoms with Gasteiger partial charge in [0.25, 0.3) is 0 Å². The molecule has 0 radical (unpaired) electrons. The minimum Gasteiger partial charge on any atom is -0.351 e. The lowest BCUT2D eigenvalue weighted by atomic mass is 10.0. The number of unbranched alkanes of at least 4 members (excludes halogenated alkanes) is 30. The molecule has 4 heteroatoms. The Kier molecular flexibility index (Phi) is 38.2. The highest BCUT2D eigenvalue weighted by Crippen LogP contribution is 2.15. The van der Waals surface area contributed by atoms with E-state index in [-0.39, 0.29) is 11.8 Å². The monoisotopic (exact) mass is 645 g/mol. The quantitative estimate of drug-likeness (QED) is 0.0522. The van der Waals surface area contributed by atoms with E-state index in [4.69, 9.17) is 0 Å². The minimum atomic E-state index is -0.0704. The smallest absolute Gasteiger partial charge is 0.243 e. The molecule has 0 saturated carbocycles. The largest absolute Gasteiger partial charge is 0.351 e. The van der Waals surface area contributed by atoms with Gasteiger partial charge in [0.2, 0.25) is 11.8 Å². The Morgan fingerprint density at radius 2 is 0.565 bits per heavy atom. The van der Waals surface area contributed by atoms with Crippen molar-refractivity contribution in [2.24, 2.45) is 0 Å². The van der Waals surface area contributed by atoms with Crippen LogP contribution in [0.25, 0.3) is 0 Å². The molecule has 4 nitrogen and oxygen atoms in total. The van der Waals surface area contributed by atoms with Crippen LogP contribution in [0.2, 0.25) is 0 Å². The van der Waals surface area contributed by atoms with Gasteiger partial charge in [-0.2, -0.15) is 0 Å². The second-order valence-corrected chi connectivity index (χ2v) is 13.9. The SMILES string of the molecule is CCCCCCCCCCCCCCCCCC=CC(=O)NCCNC(=O)C=CCCCCCCCCCCCCCCCCC. The lowest BCUT2D eigenvalue weighted by Gasteiger charge is -2.04. The lowest BCUT2D eigenvalue weighted by Crippen LogP contribution is -2.33. The number of allylic oxidation sites excluding steroid dienone is 2. The molecule has 0 spiro atoms. The van der Waals surface area contributed by atoms with E-state index in [1.54, 1.807) is 12.2 Å². The van der Waals surface area contributed by atoms with Crippen LogP contribution in [-0.2, 0) is 9.59 Å². The summed E-state index contributed by atoms with van der Waals surface area (Å²) in [4.78, 5) is 23.9. The molecule has 0 aliphatic heterocycles. The van der Waals surface area contributed by atoms with E-state index in [0.29, 0.717) is 13.1 Å². The Labute approximate surface area is 288 Å². The van der Waals surface area contributed by atoms with Crippen LogP contribution in [-0.4, -0.2) is 24.9 Å². The summed E-state index contributed by atoms with van der Waals surface area (Å²) in [5.41, 5.74) is 0. The van der Waals surface area contributed by atoms with Gasteiger partial charge in [0.05, 0.1) is 0 Å². The van der Waals surface area contributed by atoms with Gasteiger partial charge in [0, 0.05) is 13.1 Å². The third-order valence-corrected chi connectivity index (χ3v) is 9.21. The van der Waals surface area contributed by atoms with Gasteiger partial charge >= 0.3 is 0 Å². The fraction of sp³-hybridized carbons (Fsp3) is 0.857. The molecule has 0 unspecified atom stereocenters. The van der Waals surface area contributed by atoms with E-state index in [1.807, 2.05) is 12.2 Å². The van der Waals surface area contributed by atoms with E-state index >= 15 is 0 Å². The fourth-order valence-corrected chi connectivity index (χ4v) is 6.14. The van der Waals surface area contributed by atoms with Gasteiger partial charge in [-0.1, -0.05) is 206 Å². The Morgan fingerprint density at radius 3 is 0.804 bits per heavy atom. The van der Waals surface area contributed by atoms with Crippen LogP contribution >= 0.6 is 0 Å². The summed E-state index contributed by atoms with van der Waals surface area (Å²) >= 11 is 0. The lowest BCUT2D eigenvalue weighted by molar-refractivity contribution is -0.118. The maximum Gasteiger partial charge on any atom is 0.243 e. The zero-order chi connectivity index (χ0) is 33.4. The Hall–Kier alpha value is -1.58. The molecular formula is C42H80N2O2. The van der Waals surface area contributed by atoms with Crippen LogP contribution in [0.1, 0.15) is 219 Å². The molecule has 0 rings (SSSR count). The summed E-state index contributed by atoms with van der Waals surface area (Å²) in [5.74, 6) is -0.141. The van der Waals surface area contributed by atoms with Crippen molar-refractivity contribution in [2.75, 3.05) is 13.1 Å². The summed E-state index contributed by atoms with van der Waals surface area (Å²) in [6, 6.07) is 0. The number of hydrogen-bond acceptors (Lipinski definition) is 2. The highest BCUT2D eigenvalue weighted by Gasteiger charge is 1.98. The van der Waals surface area contributed by atoms with Gasteiger partial charge in [0.15, 0.2) is 0 Å². The van der Waals surface area contributed by atoms with Crippen LogP contribution in [0.15, 0.2) is 24.3 Å². The normalized spacial score (nSPS) is 11.6. The summed E-state index contributed by atoms with van der Waals surface area (Å²) in [7, 11) is 0. The van der Waals surface area contributed by atoms with Crippen LogP contribution in [0, 0.1) is 0 Å². The Bertz CT molecular complexity index is 629. The second kappa shape index (κ2) is 39.6. The maximum atomic E-state index is 12.0. The molecule has 46 heavy (non-hydrogen) atoms. The predicted octanol–water partition coefficient (Wildman–Crippen LogP) is 12.9. The highest BCUT2D eigenvalue weighted by molar-refractivity contribution is 5.88. The average molecular weight is 645 g/mol. The predicted molar refractivity (Wildman–Crippen MR) is 203 cm³/mol. The van der Waals surface area contributed by atoms with Crippen LogP contribution in [0.5, 0.6) is 0 Å². The molecule has 0 aromatic carbocycles. The van der Waals surface area contributed by atoms with Gasteiger partial charge in [0.1, 0.15) is 0 Å². The zero-order valence-corrected chi connectivity index (χ0v) is 31.2. The second-order valence-electron chi connectivity index (χ2n) is 13.9. The molecule has 270 valence electrons. The van der Waals surface area contributed by atoms with Crippen molar-refractivity contribution < 1.29 is 9.59 Å². The van der Waals surface area contributed by atoms with Crippen LogP contribution in [0.3, 0.4) is 0 Å². The first-order valence-electron chi connectivity index (χ1n) is 20.6. The first-order valence-corrected chi connectivity index (χ1v) is 20.6. The van der Waals surface area contributed by atoms with E-state index in [1.165, 1.54) is 180 Å². The van der Waals surface area contributed by atoms with E-state index < -0.39 is 0 Å². The fourth-order valence-electron chi connectivity index (χ4n) is 6.14. The van der Waals surface area contributed by atoms with Crippen LogP contribution < -0.4 is 10.6 Å². The van der Waals surface area contributed by atoms with E-state index in [0.717, 1.165) is 25.7 Å². The van der Waals surface area contributed by atoms with Gasteiger partial charge in [-0.25, -0.2) is 0 Å². The summed E-state index contributed by atoms with van der Waals surface area (Å²) in [5, 5.41) is 5.71. The molecule has 0 aliphatic carbocycles. The zero-order valence-electron chi connectivity index (χ0n) is 31.2. The Morgan fingerprint density at radius 1 is 0.348 bits per heavy atom. The van der Waals surface area contributed by atoms with Gasteiger partial charge in [-0.15, -0.1) is 0 Å². The number of amides is 2. The maximum absolute atomic E-state index is 12.0. The number of carbonyl (C=O) groups excluding carboxylic acids is 2. The molecule has 0 aliphatic rings. The van der Waals surface area contributed by atoms with Crippen molar-refractivity contribution in [3.05, 3.63) is 24.3 Å². The molecule has 0 fully saturated rings. The number of nitrogens with one attached hydrogen (secondary N) is 2. The first kappa shape index (κ1) is 44.4. The third-order valence-electron chi connectivity index (χ3n) is 9.21. The molecule has 2 N–H and O–H groups in total. The molecule has 0 atom stereocenters. The van der Waals surface area contributed by atoms with Gasteiger partial charge in [-0.3, -0.25) is 9.59 Å². The summed E-state index contributed by atoms with van der Waals surface area (Å²) in [6.45, 7) is 5.48. The average Bonchev–Trinajstić information content (AvgIpc) is 3.06. The molecule has 0 heterocycles. The molecule has 0 aromatic heterocycles. The molecule has 0 aromatic rings. The third kappa shape index (κ3) is 38.6. The van der Waals surface area contributed by atoms with Crippen molar-refractivity contribution in [3.63, 3.8) is 0 Å². The van der Waals surface area contributed by atoms with Crippen molar-refractivity contribution in [2.45, 2.75) is 219 Å². The molecule has 0 saturated heterocycles. The Balaban J connectivity index is 3.37. The van der Waals surface area contributed by atoms with Crippen molar-refractivity contribution in [1.29, 1.82) is 0 Å². The topological polar surface area (TPSA) is 58.2 Å². The van der Waals surface area contributed by atoms with E-state index in [2.05, 4.69) is 24.5 Å².